The minimum Gasteiger partial charge on any atom is -0.357 e. The molecule has 0 unspecified atom stereocenters. The first-order valence-corrected chi connectivity index (χ1v) is 8.28. The van der Waals surface area contributed by atoms with E-state index in [1.54, 1.807) is 6.20 Å². The Morgan fingerprint density at radius 3 is 2.96 bits per heavy atom. The highest BCUT2D eigenvalue weighted by atomic mass is 15.3. The van der Waals surface area contributed by atoms with Gasteiger partial charge in [-0.3, -0.25) is 14.8 Å². The summed E-state index contributed by atoms with van der Waals surface area (Å²) >= 11 is 0. The highest BCUT2D eigenvalue weighted by Crippen LogP contribution is 2.04. The molecule has 0 spiro atoms. The van der Waals surface area contributed by atoms with Gasteiger partial charge in [-0.2, -0.15) is 10.2 Å². The Hall–Kier alpha value is -2.31. The van der Waals surface area contributed by atoms with E-state index in [9.17, 15) is 0 Å². The summed E-state index contributed by atoms with van der Waals surface area (Å²) in [5, 5.41) is 17.9. The summed E-state index contributed by atoms with van der Waals surface area (Å²) in [6.45, 7) is 7.59. The van der Waals surface area contributed by atoms with Crippen molar-refractivity contribution in [2.45, 2.75) is 39.7 Å². The molecule has 0 bridgehead atoms. The van der Waals surface area contributed by atoms with Crippen LogP contribution in [0.15, 0.2) is 29.6 Å². The molecule has 2 rings (SSSR count). The van der Waals surface area contributed by atoms with Gasteiger partial charge in [-0.25, -0.2) is 0 Å². The molecule has 0 aromatic carbocycles. The van der Waals surface area contributed by atoms with Gasteiger partial charge in [0, 0.05) is 44.3 Å². The van der Waals surface area contributed by atoms with Crippen LogP contribution in [0, 0.1) is 6.92 Å². The standard InChI is InChI=1S/C16H27N7/c1-3-17-16(19-9-5-11-23-12-6-10-21-23)18-8-4-7-15-13-20-22-14(15)2/h6,10,12-13H,3-5,7-9,11H2,1-2H3,(H,20,22)(H2,17,18,19). The van der Waals surface area contributed by atoms with Crippen molar-refractivity contribution in [2.24, 2.45) is 4.99 Å². The lowest BCUT2D eigenvalue weighted by Gasteiger charge is -2.11. The fourth-order valence-electron chi connectivity index (χ4n) is 2.31. The number of hydrogen-bond donors (Lipinski definition) is 3. The summed E-state index contributed by atoms with van der Waals surface area (Å²) in [6.07, 6.45) is 8.74. The van der Waals surface area contributed by atoms with E-state index in [1.165, 1.54) is 5.56 Å². The first-order chi connectivity index (χ1) is 11.3. The second-order valence-corrected chi connectivity index (χ2v) is 5.43. The lowest BCUT2D eigenvalue weighted by Crippen LogP contribution is -2.38. The Bertz CT molecular complexity index is 571. The first kappa shape index (κ1) is 17.1. The van der Waals surface area contributed by atoms with Crippen molar-refractivity contribution in [1.29, 1.82) is 0 Å². The van der Waals surface area contributed by atoms with E-state index in [-0.39, 0.29) is 0 Å². The SMILES string of the molecule is CCNC(=NCCCn1cccn1)NCCCc1cn[nH]c1C. The maximum Gasteiger partial charge on any atom is 0.191 e. The third-order valence-corrected chi connectivity index (χ3v) is 3.57. The molecular weight excluding hydrogens is 290 g/mol. The molecular formula is C16H27N7. The van der Waals surface area contributed by atoms with Gasteiger partial charge in [0.25, 0.3) is 0 Å². The molecule has 2 heterocycles. The molecule has 2 aromatic rings. The maximum atomic E-state index is 4.60. The fraction of sp³-hybridized carbons (Fsp3) is 0.562. The van der Waals surface area contributed by atoms with E-state index in [0.717, 1.165) is 57.1 Å². The van der Waals surface area contributed by atoms with Gasteiger partial charge in [0.15, 0.2) is 5.96 Å². The third-order valence-electron chi connectivity index (χ3n) is 3.57. The van der Waals surface area contributed by atoms with Crippen LogP contribution in [0.2, 0.25) is 0 Å². The Kier molecular flexibility index (Phi) is 7.16. The summed E-state index contributed by atoms with van der Waals surface area (Å²) in [5.74, 6) is 0.886. The normalized spacial score (nSPS) is 11.7. The second-order valence-electron chi connectivity index (χ2n) is 5.43. The topological polar surface area (TPSA) is 82.9 Å². The van der Waals surface area contributed by atoms with Gasteiger partial charge in [-0.05, 0) is 44.7 Å². The van der Waals surface area contributed by atoms with E-state index in [0.29, 0.717) is 0 Å². The van der Waals surface area contributed by atoms with Crippen LogP contribution < -0.4 is 10.6 Å². The van der Waals surface area contributed by atoms with Gasteiger partial charge in [-0.1, -0.05) is 0 Å². The molecule has 3 N–H and O–H groups in total. The van der Waals surface area contributed by atoms with Crippen LogP contribution in [0.3, 0.4) is 0 Å². The first-order valence-electron chi connectivity index (χ1n) is 8.28. The Labute approximate surface area is 137 Å². The molecule has 0 amide bonds. The van der Waals surface area contributed by atoms with E-state index < -0.39 is 0 Å². The predicted molar refractivity (Wildman–Crippen MR) is 92.5 cm³/mol. The minimum absolute atomic E-state index is 0.788. The molecule has 126 valence electrons. The van der Waals surface area contributed by atoms with Crippen LogP contribution in [0.4, 0.5) is 0 Å². The van der Waals surface area contributed by atoms with Crippen molar-refractivity contribution in [3.8, 4) is 0 Å². The molecule has 0 fully saturated rings. The lowest BCUT2D eigenvalue weighted by molar-refractivity contribution is 0.583. The third kappa shape index (κ3) is 6.14. The van der Waals surface area contributed by atoms with Crippen LogP contribution in [0.1, 0.15) is 31.0 Å². The summed E-state index contributed by atoms with van der Waals surface area (Å²) < 4.78 is 1.93. The van der Waals surface area contributed by atoms with Crippen molar-refractivity contribution >= 4 is 5.96 Å². The number of nitrogens with zero attached hydrogens (tertiary/aromatic N) is 4. The molecule has 23 heavy (non-hydrogen) atoms. The van der Waals surface area contributed by atoms with Crippen LogP contribution in [-0.2, 0) is 13.0 Å². The van der Waals surface area contributed by atoms with Crippen molar-refractivity contribution in [1.82, 2.24) is 30.6 Å². The molecule has 0 saturated carbocycles. The van der Waals surface area contributed by atoms with Crippen molar-refractivity contribution in [2.75, 3.05) is 19.6 Å². The van der Waals surface area contributed by atoms with E-state index >= 15 is 0 Å². The largest absolute Gasteiger partial charge is 0.357 e. The van der Waals surface area contributed by atoms with Crippen LogP contribution in [-0.4, -0.2) is 45.6 Å². The Balaban J connectivity index is 1.65. The quantitative estimate of drug-likeness (QED) is 0.372. The zero-order valence-electron chi connectivity index (χ0n) is 14.0. The molecule has 0 aliphatic heterocycles. The zero-order chi connectivity index (χ0) is 16.3. The van der Waals surface area contributed by atoms with Crippen LogP contribution in [0.25, 0.3) is 0 Å². The van der Waals surface area contributed by atoms with Gasteiger partial charge in [0.1, 0.15) is 0 Å². The number of aromatic amines is 1. The fourth-order valence-corrected chi connectivity index (χ4v) is 2.31. The van der Waals surface area contributed by atoms with Crippen LogP contribution in [0.5, 0.6) is 0 Å². The summed E-state index contributed by atoms with van der Waals surface area (Å²) in [4.78, 5) is 4.60. The number of aromatic nitrogens is 4. The van der Waals surface area contributed by atoms with Gasteiger partial charge in [0.05, 0.1) is 6.20 Å². The molecule has 0 aliphatic rings. The maximum absolute atomic E-state index is 4.60. The second kappa shape index (κ2) is 9.66. The number of aryl methyl sites for hydroxylation is 3. The number of nitrogens with one attached hydrogen (secondary N) is 3. The summed E-state index contributed by atoms with van der Waals surface area (Å²) in [7, 11) is 0. The number of hydrogen-bond acceptors (Lipinski definition) is 3. The number of H-pyrrole nitrogens is 1. The Morgan fingerprint density at radius 1 is 1.35 bits per heavy atom. The predicted octanol–water partition coefficient (Wildman–Crippen LogP) is 1.49. The van der Waals surface area contributed by atoms with E-state index in [1.807, 2.05) is 23.1 Å². The molecule has 0 saturated heterocycles. The van der Waals surface area contributed by atoms with Crippen molar-refractivity contribution in [3.05, 3.63) is 35.9 Å². The van der Waals surface area contributed by atoms with Gasteiger partial charge in [0.2, 0.25) is 0 Å². The number of guanidine groups is 1. The molecule has 7 nitrogen and oxygen atoms in total. The highest BCUT2D eigenvalue weighted by Gasteiger charge is 2.01. The molecule has 0 radical (unpaired) electrons. The average Bonchev–Trinajstić information content (AvgIpc) is 3.20. The van der Waals surface area contributed by atoms with Gasteiger partial charge >= 0.3 is 0 Å². The van der Waals surface area contributed by atoms with Crippen molar-refractivity contribution in [3.63, 3.8) is 0 Å². The molecule has 2 aromatic heterocycles. The number of rotatable bonds is 9. The highest BCUT2D eigenvalue weighted by molar-refractivity contribution is 5.79. The van der Waals surface area contributed by atoms with Crippen molar-refractivity contribution < 1.29 is 0 Å². The van der Waals surface area contributed by atoms with E-state index in [2.05, 4.69) is 44.8 Å². The molecule has 0 atom stereocenters. The van der Waals surface area contributed by atoms with Gasteiger partial charge < -0.3 is 10.6 Å². The molecule has 7 heteroatoms. The zero-order valence-corrected chi connectivity index (χ0v) is 14.0. The molecule has 0 aliphatic carbocycles. The average molecular weight is 317 g/mol. The minimum atomic E-state index is 0.788. The van der Waals surface area contributed by atoms with Gasteiger partial charge in [-0.15, -0.1) is 0 Å². The number of aliphatic imine (C=N–C) groups is 1. The summed E-state index contributed by atoms with van der Waals surface area (Å²) in [5.41, 5.74) is 2.44. The Morgan fingerprint density at radius 2 is 2.26 bits per heavy atom. The van der Waals surface area contributed by atoms with Crippen LogP contribution >= 0.6 is 0 Å². The van der Waals surface area contributed by atoms with E-state index in [4.69, 9.17) is 0 Å². The monoisotopic (exact) mass is 317 g/mol. The summed E-state index contributed by atoms with van der Waals surface area (Å²) in [6, 6.07) is 1.94. The smallest absolute Gasteiger partial charge is 0.191 e. The lowest BCUT2D eigenvalue weighted by atomic mass is 10.1.